The second-order valence-corrected chi connectivity index (χ2v) is 5.10. The van der Waals surface area contributed by atoms with Gasteiger partial charge in [-0.15, -0.1) is 0 Å². The van der Waals surface area contributed by atoms with Crippen molar-refractivity contribution in [3.05, 3.63) is 12.2 Å². The second-order valence-electron chi connectivity index (χ2n) is 5.10. The topological polar surface area (TPSA) is 42.7 Å². The molecule has 1 heterocycles. The van der Waals surface area contributed by atoms with E-state index in [4.69, 9.17) is 0 Å². The van der Waals surface area contributed by atoms with Crippen LogP contribution in [0.15, 0.2) is 6.33 Å². The molecule has 1 N–H and O–H groups in total. The summed E-state index contributed by atoms with van der Waals surface area (Å²) in [5, 5.41) is 7.62. The fourth-order valence-corrected chi connectivity index (χ4v) is 1.81. The Kier molecular flexibility index (Phi) is 4.93. The molecule has 0 radical (unpaired) electrons. The van der Waals surface area contributed by atoms with Crippen LogP contribution in [0.5, 0.6) is 0 Å². The summed E-state index contributed by atoms with van der Waals surface area (Å²) < 4.78 is 2.03. The van der Waals surface area contributed by atoms with Crippen LogP contribution >= 0.6 is 0 Å². The van der Waals surface area contributed by atoms with E-state index in [-0.39, 0.29) is 0 Å². The van der Waals surface area contributed by atoms with Crippen molar-refractivity contribution in [1.29, 1.82) is 0 Å². The fraction of sp³-hybridized carbons (Fsp3) is 0.833. The van der Waals surface area contributed by atoms with E-state index in [1.54, 1.807) is 6.33 Å². The molecule has 0 aromatic carbocycles. The molecule has 0 bridgehead atoms. The first kappa shape index (κ1) is 13.2. The summed E-state index contributed by atoms with van der Waals surface area (Å²) in [5.74, 6) is 2.29. The minimum absolute atomic E-state index is 0.468. The molecule has 0 saturated heterocycles. The van der Waals surface area contributed by atoms with Crippen LogP contribution in [-0.2, 0) is 13.0 Å². The molecule has 1 atom stereocenters. The van der Waals surface area contributed by atoms with Gasteiger partial charge in [0.05, 0.1) is 0 Å². The molecule has 0 saturated carbocycles. The summed E-state index contributed by atoms with van der Waals surface area (Å²) in [6.45, 7) is 9.80. The van der Waals surface area contributed by atoms with Crippen LogP contribution in [0, 0.1) is 11.8 Å². The highest BCUT2D eigenvalue weighted by Gasteiger charge is 2.15. The van der Waals surface area contributed by atoms with Crippen LogP contribution in [0.25, 0.3) is 0 Å². The zero-order valence-corrected chi connectivity index (χ0v) is 11.1. The van der Waals surface area contributed by atoms with E-state index in [0.717, 1.165) is 18.8 Å². The molecule has 0 aliphatic rings. The molecule has 4 nitrogen and oxygen atoms in total. The van der Waals surface area contributed by atoms with Gasteiger partial charge in [0.25, 0.3) is 0 Å². The minimum atomic E-state index is 0.468. The Morgan fingerprint density at radius 2 is 2.00 bits per heavy atom. The number of nitrogens with zero attached hydrogens (tertiary/aromatic N) is 3. The average molecular weight is 224 g/mol. The summed E-state index contributed by atoms with van der Waals surface area (Å²) in [6, 6.07) is 0.468. The molecule has 16 heavy (non-hydrogen) atoms. The van der Waals surface area contributed by atoms with E-state index in [1.165, 1.54) is 0 Å². The van der Waals surface area contributed by atoms with Crippen molar-refractivity contribution in [2.24, 2.45) is 11.8 Å². The van der Waals surface area contributed by atoms with E-state index in [2.05, 4.69) is 43.1 Å². The van der Waals surface area contributed by atoms with Crippen molar-refractivity contribution in [2.75, 3.05) is 7.05 Å². The van der Waals surface area contributed by atoms with Gasteiger partial charge in [-0.25, -0.2) is 9.67 Å². The first-order valence-corrected chi connectivity index (χ1v) is 6.08. The normalized spacial score (nSPS) is 13.7. The van der Waals surface area contributed by atoms with Gasteiger partial charge in [0.15, 0.2) is 0 Å². The zero-order valence-electron chi connectivity index (χ0n) is 11.1. The maximum absolute atomic E-state index is 4.35. The maximum atomic E-state index is 4.35. The lowest BCUT2D eigenvalue weighted by molar-refractivity contribution is 0.396. The molecule has 92 valence electrons. The quantitative estimate of drug-likeness (QED) is 0.800. The van der Waals surface area contributed by atoms with E-state index in [0.29, 0.717) is 17.9 Å². The SMILES string of the molecule is CNC(Cc1ncnn1CC(C)C)C(C)C. The molecule has 0 fully saturated rings. The highest BCUT2D eigenvalue weighted by molar-refractivity contribution is 4.90. The van der Waals surface area contributed by atoms with Crippen LogP contribution in [0.2, 0.25) is 0 Å². The lowest BCUT2D eigenvalue weighted by Crippen LogP contribution is -2.34. The fourth-order valence-electron chi connectivity index (χ4n) is 1.81. The minimum Gasteiger partial charge on any atom is -0.316 e. The molecule has 0 spiro atoms. The molecule has 1 rings (SSSR count). The Morgan fingerprint density at radius 3 is 2.50 bits per heavy atom. The predicted octanol–water partition coefficient (Wildman–Crippen LogP) is 1.72. The van der Waals surface area contributed by atoms with Gasteiger partial charge in [-0.3, -0.25) is 0 Å². The number of aromatic nitrogens is 3. The van der Waals surface area contributed by atoms with Crippen LogP contribution < -0.4 is 5.32 Å². The Morgan fingerprint density at radius 1 is 1.31 bits per heavy atom. The van der Waals surface area contributed by atoms with E-state index < -0.39 is 0 Å². The average Bonchev–Trinajstić information content (AvgIpc) is 2.60. The Bertz CT molecular complexity index is 304. The van der Waals surface area contributed by atoms with Crippen molar-refractivity contribution < 1.29 is 0 Å². The van der Waals surface area contributed by atoms with Crippen molar-refractivity contribution in [3.63, 3.8) is 0 Å². The molecule has 1 unspecified atom stereocenters. The van der Waals surface area contributed by atoms with Gasteiger partial charge in [0, 0.05) is 19.0 Å². The van der Waals surface area contributed by atoms with Gasteiger partial charge < -0.3 is 5.32 Å². The summed E-state index contributed by atoms with van der Waals surface area (Å²) in [7, 11) is 2.01. The Hall–Kier alpha value is -0.900. The van der Waals surface area contributed by atoms with E-state index in [9.17, 15) is 0 Å². The lowest BCUT2D eigenvalue weighted by Gasteiger charge is -2.20. The zero-order chi connectivity index (χ0) is 12.1. The first-order valence-electron chi connectivity index (χ1n) is 6.08. The van der Waals surface area contributed by atoms with Crippen LogP contribution in [0.4, 0.5) is 0 Å². The predicted molar refractivity (Wildman–Crippen MR) is 66.2 cm³/mol. The third kappa shape index (κ3) is 3.59. The van der Waals surface area contributed by atoms with Gasteiger partial charge in [-0.1, -0.05) is 27.7 Å². The third-order valence-corrected chi connectivity index (χ3v) is 2.81. The maximum Gasteiger partial charge on any atom is 0.138 e. The molecular formula is C12H24N4. The molecule has 0 amide bonds. The molecular weight excluding hydrogens is 200 g/mol. The van der Waals surface area contributed by atoms with Crippen LogP contribution in [-0.4, -0.2) is 27.9 Å². The second kappa shape index (κ2) is 5.99. The summed E-state index contributed by atoms with van der Waals surface area (Å²) in [5.41, 5.74) is 0. The lowest BCUT2D eigenvalue weighted by atomic mass is 10.0. The smallest absolute Gasteiger partial charge is 0.138 e. The van der Waals surface area contributed by atoms with Crippen molar-refractivity contribution in [3.8, 4) is 0 Å². The largest absolute Gasteiger partial charge is 0.316 e. The van der Waals surface area contributed by atoms with E-state index >= 15 is 0 Å². The first-order chi connectivity index (χ1) is 7.54. The number of rotatable bonds is 6. The molecule has 0 aliphatic heterocycles. The summed E-state index contributed by atoms with van der Waals surface area (Å²) >= 11 is 0. The number of nitrogens with one attached hydrogen (secondary N) is 1. The Balaban J connectivity index is 2.68. The highest BCUT2D eigenvalue weighted by Crippen LogP contribution is 2.09. The van der Waals surface area contributed by atoms with Crippen LogP contribution in [0.3, 0.4) is 0 Å². The molecule has 4 heteroatoms. The number of hydrogen-bond acceptors (Lipinski definition) is 3. The van der Waals surface area contributed by atoms with Gasteiger partial charge >= 0.3 is 0 Å². The summed E-state index contributed by atoms with van der Waals surface area (Å²) in [4.78, 5) is 4.35. The summed E-state index contributed by atoms with van der Waals surface area (Å²) in [6.07, 6.45) is 2.60. The van der Waals surface area contributed by atoms with Gasteiger partial charge in [0.1, 0.15) is 12.2 Å². The van der Waals surface area contributed by atoms with Gasteiger partial charge in [-0.05, 0) is 18.9 Å². The van der Waals surface area contributed by atoms with Crippen molar-refractivity contribution in [1.82, 2.24) is 20.1 Å². The molecule has 0 aliphatic carbocycles. The van der Waals surface area contributed by atoms with Gasteiger partial charge in [-0.2, -0.15) is 5.10 Å². The third-order valence-electron chi connectivity index (χ3n) is 2.81. The Labute approximate surface area is 98.5 Å². The van der Waals surface area contributed by atoms with Crippen LogP contribution in [0.1, 0.15) is 33.5 Å². The molecule has 1 aromatic rings. The van der Waals surface area contributed by atoms with Crippen molar-refractivity contribution in [2.45, 2.75) is 46.7 Å². The number of likely N-dealkylation sites (N-methyl/N-ethyl adjacent to an activating group) is 1. The highest BCUT2D eigenvalue weighted by atomic mass is 15.3. The van der Waals surface area contributed by atoms with Gasteiger partial charge in [0.2, 0.25) is 0 Å². The van der Waals surface area contributed by atoms with E-state index in [1.807, 2.05) is 11.7 Å². The standard InChI is InChI=1S/C12H24N4/c1-9(2)7-16-12(14-8-15-16)6-11(13-5)10(3)4/h8-11,13H,6-7H2,1-5H3. The molecule has 1 aromatic heterocycles. The monoisotopic (exact) mass is 224 g/mol. The van der Waals surface area contributed by atoms with Crippen molar-refractivity contribution >= 4 is 0 Å². The number of hydrogen-bond donors (Lipinski definition) is 1.